The van der Waals surface area contributed by atoms with Crippen molar-refractivity contribution in [1.82, 2.24) is 10.3 Å². The number of aryl methyl sites for hydroxylation is 1. The van der Waals surface area contributed by atoms with Crippen molar-refractivity contribution in [2.75, 3.05) is 0 Å². The molecule has 0 aromatic carbocycles. The Balaban J connectivity index is 1.56. The monoisotopic (exact) mass is 276 g/mol. The Labute approximate surface area is 118 Å². The largest absolute Gasteiger partial charge is 0.349 e. The van der Waals surface area contributed by atoms with E-state index in [1.165, 1.54) is 11.3 Å². The van der Waals surface area contributed by atoms with Crippen LogP contribution in [0.15, 0.2) is 6.08 Å². The molecule has 0 bridgehead atoms. The minimum Gasteiger partial charge on any atom is -0.349 e. The molecule has 19 heavy (non-hydrogen) atoms. The van der Waals surface area contributed by atoms with Crippen LogP contribution in [-0.2, 0) is 17.8 Å². The predicted octanol–water partition coefficient (Wildman–Crippen LogP) is 3.15. The van der Waals surface area contributed by atoms with E-state index in [1.54, 1.807) is 11.3 Å². The van der Waals surface area contributed by atoms with Gasteiger partial charge < -0.3 is 5.32 Å². The summed E-state index contributed by atoms with van der Waals surface area (Å²) < 4.78 is 0. The number of rotatable bonds is 3. The number of carbonyl (C=O) groups is 1. The number of fused-ring (bicyclic) bond motifs is 1. The average Bonchev–Trinajstić information content (AvgIpc) is 3.01. The van der Waals surface area contributed by atoms with Crippen LogP contribution in [0.5, 0.6) is 0 Å². The van der Waals surface area contributed by atoms with Crippen LogP contribution in [-0.4, -0.2) is 10.9 Å². The number of nitrogens with zero attached hydrogens (tertiary/aromatic N) is 1. The minimum absolute atomic E-state index is 0.216. The van der Waals surface area contributed by atoms with Crippen molar-refractivity contribution in [3.63, 3.8) is 0 Å². The van der Waals surface area contributed by atoms with Crippen LogP contribution in [0.4, 0.5) is 0 Å². The maximum absolute atomic E-state index is 12.1. The molecule has 0 radical (unpaired) electrons. The molecule has 3 nitrogen and oxygen atoms in total. The number of hydrogen-bond donors (Lipinski definition) is 1. The van der Waals surface area contributed by atoms with Gasteiger partial charge in [0, 0.05) is 10.8 Å². The third kappa shape index (κ3) is 2.89. The lowest BCUT2D eigenvalue weighted by Crippen LogP contribution is -2.28. The summed E-state index contributed by atoms with van der Waals surface area (Å²) in [5, 5.41) is 4.09. The van der Waals surface area contributed by atoms with Gasteiger partial charge in [-0.25, -0.2) is 4.98 Å². The highest BCUT2D eigenvalue weighted by Crippen LogP contribution is 2.30. The molecule has 1 aromatic rings. The van der Waals surface area contributed by atoms with Gasteiger partial charge in [-0.1, -0.05) is 13.0 Å². The minimum atomic E-state index is 0.216. The molecule has 1 N–H and O–H groups in total. The normalized spacial score (nSPS) is 25.3. The van der Waals surface area contributed by atoms with Gasteiger partial charge >= 0.3 is 0 Å². The zero-order valence-corrected chi connectivity index (χ0v) is 12.1. The first-order valence-electron chi connectivity index (χ1n) is 7.15. The van der Waals surface area contributed by atoms with E-state index in [1.807, 2.05) is 0 Å². The lowest BCUT2D eigenvalue weighted by atomic mass is 10.1. The fraction of sp³-hybridized carbons (Fsp3) is 0.600. The topological polar surface area (TPSA) is 42.0 Å². The summed E-state index contributed by atoms with van der Waals surface area (Å²) in [6.45, 7) is 2.82. The Kier molecular flexibility index (Phi) is 3.69. The summed E-state index contributed by atoms with van der Waals surface area (Å²) in [5.41, 5.74) is 1.11. The van der Waals surface area contributed by atoms with E-state index in [2.05, 4.69) is 29.4 Å². The Bertz CT molecular complexity index is 506. The first-order chi connectivity index (χ1) is 9.22. The lowest BCUT2D eigenvalue weighted by molar-refractivity contribution is -0.125. The summed E-state index contributed by atoms with van der Waals surface area (Å²) in [6.07, 6.45) is 9.75. The molecule has 0 spiro atoms. The van der Waals surface area contributed by atoms with Gasteiger partial charge in [-0.15, -0.1) is 11.3 Å². The van der Waals surface area contributed by atoms with Gasteiger partial charge in [0.1, 0.15) is 5.01 Å². The first kappa shape index (κ1) is 12.9. The van der Waals surface area contributed by atoms with Crippen LogP contribution >= 0.6 is 11.3 Å². The molecule has 2 unspecified atom stereocenters. The molecule has 1 aromatic heterocycles. The molecule has 0 aliphatic heterocycles. The van der Waals surface area contributed by atoms with Gasteiger partial charge in [0.05, 0.1) is 12.2 Å². The van der Waals surface area contributed by atoms with Crippen molar-refractivity contribution in [3.8, 4) is 0 Å². The van der Waals surface area contributed by atoms with Crippen molar-refractivity contribution in [3.05, 3.63) is 21.7 Å². The zero-order valence-electron chi connectivity index (χ0n) is 11.3. The summed E-state index contributed by atoms with van der Waals surface area (Å²) in [7, 11) is 0. The number of thiazole rings is 1. The van der Waals surface area contributed by atoms with Gasteiger partial charge in [0.25, 0.3) is 0 Å². The molecular weight excluding hydrogens is 256 g/mol. The van der Waals surface area contributed by atoms with E-state index in [9.17, 15) is 4.79 Å². The molecule has 1 amide bonds. The predicted molar refractivity (Wildman–Crippen MR) is 77.8 cm³/mol. The number of hydrogen-bond acceptors (Lipinski definition) is 3. The molecule has 1 heterocycles. The Morgan fingerprint density at radius 2 is 2.42 bits per heavy atom. The van der Waals surface area contributed by atoms with Crippen molar-refractivity contribution in [2.24, 2.45) is 11.8 Å². The Morgan fingerprint density at radius 3 is 3.16 bits per heavy atom. The Hall–Kier alpha value is -1.16. The lowest BCUT2D eigenvalue weighted by Gasteiger charge is -2.09. The molecule has 2 aliphatic rings. The van der Waals surface area contributed by atoms with E-state index in [0.717, 1.165) is 36.4 Å². The molecule has 2 aliphatic carbocycles. The summed E-state index contributed by atoms with van der Waals surface area (Å²) in [4.78, 5) is 18.0. The molecule has 102 valence electrons. The Morgan fingerprint density at radius 1 is 1.53 bits per heavy atom. The van der Waals surface area contributed by atoms with Crippen molar-refractivity contribution in [2.45, 2.75) is 45.6 Å². The fourth-order valence-corrected chi connectivity index (χ4v) is 3.97. The second kappa shape index (κ2) is 5.45. The van der Waals surface area contributed by atoms with Gasteiger partial charge in [-0.3, -0.25) is 4.79 Å². The maximum atomic E-state index is 12.1. The summed E-state index contributed by atoms with van der Waals surface area (Å²) in [6, 6.07) is 0. The quantitative estimate of drug-likeness (QED) is 0.921. The standard InChI is InChI=1S/C15H20N2OS/c1-10-6-7-11(8-10)15(18)16-9-14-17-12-4-2-3-5-13(12)19-14/h2,4,10-11H,3,5-9H2,1H3,(H,16,18). The fourth-order valence-electron chi connectivity index (χ4n) is 2.96. The second-order valence-corrected chi connectivity index (χ2v) is 6.86. The number of nitrogens with one attached hydrogen (secondary N) is 1. The number of aromatic nitrogens is 1. The zero-order chi connectivity index (χ0) is 13.2. The molecule has 1 fully saturated rings. The van der Waals surface area contributed by atoms with Crippen LogP contribution in [0.25, 0.3) is 6.08 Å². The first-order valence-corrected chi connectivity index (χ1v) is 7.97. The second-order valence-electron chi connectivity index (χ2n) is 5.69. The molecule has 0 saturated heterocycles. The number of amides is 1. The maximum Gasteiger partial charge on any atom is 0.223 e. The smallest absolute Gasteiger partial charge is 0.223 e. The molecule has 2 atom stereocenters. The van der Waals surface area contributed by atoms with E-state index < -0.39 is 0 Å². The highest BCUT2D eigenvalue weighted by molar-refractivity contribution is 7.11. The SMILES string of the molecule is CC1CCC(C(=O)NCc2nc3c(s2)CCC=C3)C1. The summed E-state index contributed by atoms with van der Waals surface area (Å²) >= 11 is 1.74. The molecule has 3 rings (SSSR count). The highest BCUT2D eigenvalue weighted by atomic mass is 32.1. The van der Waals surface area contributed by atoms with Crippen molar-refractivity contribution < 1.29 is 4.79 Å². The van der Waals surface area contributed by atoms with Gasteiger partial charge in [-0.05, 0) is 44.1 Å². The highest BCUT2D eigenvalue weighted by Gasteiger charge is 2.27. The van der Waals surface area contributed by atoms with Crippen LogP contribution in [0.2, 0.25) is 0 Å². The number of carbonyl (C=O) groups excluding carboxylic acids is 1. The third-order valence-corrected chi connectivity index (χ3v) is 5.20. The van der Waals surface area contributed by atoms with Gasteiger partial charge in [0.2, 0.25) is 5.91 Å². The van der Waals surface area contributed by atoms with Crippen LogP contribution in [0.1, 0.15) is 48.2 Å². The molecule has 4 heteroatoms. The van der Waals surface area contributed by atoms with E-state index in [-0.39, 0.29) is 11.8 Å². The average molecular weight is 276 g/mol. The van der Waals surface area contributed by atoms with Crippen LogP contribution in [0, 0.1) is 11.8 Å². The van der Waals surface area contributed by atoms with Gasteiger partial charge in [-0.2, -0.15) is 0 Å². The van der Waals surface area contributed by atoms with Gasteiger partial charge in [0.15, 0.2) is 0 Å². The molecule has 1 saturated carbocycles. The third-order valence-electron chi connectivity index (χ3n) is 4.07. The summed E-state index contributed by atoms with van der Waals surface area (Å²) in [5.74, 6) is 1.14. The van der Waals surface area contributed by atoms with E-state index in [0.29, 0.717) is 12.5 Å². The van der Waals surface area contributed by atoms with Crippen molar-refractivity contribution >= 4 is 23.3 Å². The molecular formula is C15H20N2OS. The van der Waals surface area contributed by atoms with E-state index in [4.69, 9.17) is 0 Å². The van der Waals surface area contributed by atoms with E-state index >= 15 is 0 Å². The van der Waals surface area contributed by atoms with Crippen molar-refractivity contribution in [1.29, 1.82) is 0 Å². The van der Waals surface area contributed by atoms with Crippen LogP contribution in [0.3, 0.4) is 0 Å². The number of allylic oxidation sites excluding steroid dienone is 1. The van der Waals surface area contributed by atoms with Crippen LogP contribution < -0.4 is 5.32 Å².